The number of rotatable bonds is 3. The fraction of sp³-hybridized carbons (Fsp3) is 0.0667. The molecular formula is C15H13NO4. The number of carbonyl (C=O) groups is 2. The minimum absolute atomic E-state index is 0.109. The van der Waals surface area contributed by atoms with Crippen molar-refractivity contribution in [1.82, 2.24) is 0 Å². The molecule has 2 aromatic carbocycles. The highest BCUT2D eigenvalue weighted by Gasteiger charge is 2.09. The molecule has 0 spiro atoms. The van der Waals surface area contributed by atoms with E-state index in [1.54, 1.807) is 6.07 Å². The topological polar surface area (TPSA) is 77.3 Å². The molecule has 2 aromatic rings. The van der Waals surface area contributed by atoms with Crippen LogP contribution in [0.4, 0.5) is 5.69 Å². The van der Waals surface area contributed by atoms with E-state index in [1.165, 1.54) is 23.8 Å². The highest BCUT2D eigenvalue weighted by molar-refractivity contribution is 5.81. The zero-order chi connectivity index (χ0) is 15.0. The molecule has 0 N–H and O–H groups in total. The molecule has 0 radical (unpaired) electrons. The van der Waals surface area contributed by atoms with Crippen molar-refractivity contribution in [3.8, 4) is 0 Å². The first-order chi connectivity index (χ1) is 9.58. The van der Waals surface area contributed by atoms with Crippen molar-refractivity contribution in [3.05, 3.63) is 75.3 Å². The number of aryl methyl sites for hydroxylation is 1. The maximum absolute atomic E-state index is 10.2. The number of para-hydroxylation sites is 1. The molecule has 0 fully saturated rings. The first kappa shape index (κ1) is 15.2. The van der Waals surface area contributed by atoms with E-state index in [0.29, 0.717) is 6.29 Å². The third kappa shape index (κ3) is 4.45. The first-order valence-electron chi connectivity index (χ1n) is 5.79. The molecule has 0 aliphatic carbocycles. The van der Waals surface area contributed by atoms with Gasteiger partial charge in [0.1, 0.15) is 6.29 Å². The van der Waals surface area contributed by atoms with Crippen LogP contribution in [0.2, 0.25) is 0 Å². The summed E-state index contributed by atoms with van der Waals surface area (Å²) in [5.74, 6) is 0. The normalized spacial score (nSPS) is 9.05. The molecule has 0 aliphatic rings. The second kappa shape index (κ2) is 7.58. The van der Waals surface area contributed by atoms with E-state index in [-0.39, 0.29) is 11.3 Å². The maximum atomic E-state index is 10.2. The Morgan fingerprint density at radius 3 is 2.00 bits per heavy atom. The largest absolute Gasteiger partial charge is 0.298 e. The van der Waals surface area contributed by atoms with Crippen LogP contribution in [0.15, 0.2) is 48.5 Å². The lowest BCUT2D eigenvalue weighted by Crippen LogP contribution is -1.92. The smallest absolute Gasteiger partial charge is 0.279 e. The molecule has 0 saturated heterocycles. The Hall–Kier alpha value is -2.82. The van der Waals surface area contributed by atoms with Gasteiger partial charge in [-0.25, -0.2) is 0 Å². The second-order valence-electron chi connectivity index (χ2n) is 3.96. The average molecular weight is 271 g/mol. The van der Waals surface area contributed by atoms with Gasteiger partial charge in [-0.2, -0.15) is 0 Å². The number of hydrogen-bond donors (Lipinski definition) is 0. The van der Waals surface area contributed by atoms with E-state index in [9.17, 15) is 19.7 Å². The van der Waals surface area contributed by atoms with E-state index < -0.39 is 4.92 Å². The summed E-state index contributed by atoms with van der Waals surface area (Å²) in [7, 11) is 0. The molecule has 0 bridgehead atoms. The van der Waals surface area contributed by atoms with Gasteiger partial charge in [-0.15, -0.1) is 0 Å². The maximum Gasteiger partial charge on any atom is 0.279 e. The van der Waals surface area contributed by atoms with Crippen molar-refractivity contribution >= 4 is 18.3 Å². The highest BCUT2D eigenvalue weighted by Crippen LogP contribution is 2.14. The lowest BCUT2D eigenvalue weighted by Gasteiger charge is -1.91. The molecule has 0 atom stereocenters. The summed E-state index contributed by atoms with van der Waals surface area (Å²) in [6.07, 6.45) is 1.32. The Balaban J connectivity index is 0.000000204. The fourth-order valence-corrected chi connectivity index (χ4v) is 1.40. The minimum Gasteiger partial charge on any atom is -0.298 e. The van der Waals surface area contributed by atoms with E-state index >= 15 is 0 Å². The molecule has 0 heterocycles. The van der Waals surface area contributed by atoms with Gasteiger partial charge in [0.2, 0.25) is 0 Å². The predicted octanol–water partition coefficient (Wildman–Crippen LogP) is 3.21. The van der Waals surface area contributed by atoms with Gasteiger partial charge < -0.3 is 0 Å². The van der Waals surface area contributed by atoms with Gasteiger partial charge in [0, 0.05) is 11.6 Å². The van der Waals surface area contributed by atoms with Crippen molar-refractivity contribution in [2.24, 2.45) is 0 Å². The Bertz CT molecular complexity index is 606. The number of benzene rings is 2. The molecule has 0 saturated carbocycles. The predicted molar refractivity (Wildman–Crippen MR) is 75.1 cm³/mol. The molecule has 0 unspecified atom stereocenters. The molecule has 2 rings (SSSR count). The van der Waals surface area contributed by atoms with Crippen LogP contribution < -0.4 is 0 Å². The fourth-order valence-electron chi connectivity index (χ4n) is 1.40. The number of nitro benzene ring substituents is 1. The summed E-state index contributed by atoms with van der Waals surface area (Å²) >= 11 is 0. The van der Waals surface area contributed by atoms with Gasteiger partial charge in [-0.1, -0.05) is 42.0 Å². The monoisotopic (exact) mass is 271 g/mol. The van der Waals surface area contributed by atoms with Crippen molar-refractivity contribution in [2.75, 3.05) is 0 Å². The van der Waals surface area contributed by atoms with Crippen LogP contribution in [0.3, 0.4) is 0 Å². The number of nitro groups is 1. The lowest BCUT2D eigenvalue weighted by molar-refractivity contribution is -0.385. The van der Waals surface area contributed by atoms with Crippen LogP contribution >= 0.6 is 0 Å². The summed E-state index contributed by atoms with van der Waals surface area (Å²) in [6, 6.07) is 13.3. The quantitative estimate of drug-likeness (QED) is 0.488. The van der Waals surface area contributed by atoms with E-state index in [4.69, 9.17) is 0 Å². The number of carbonyl (C=O) groups excluding carboxylic acids is 2. The third-order valence-corrected chi connectivity index (χ3v) is 2.47. The van der Waals surface area contributed by atoms with Gasteiger partial charge >= 0.3 is 0 Å². The van der Waals surface area contributed by atoms with E-state index in [1.807, 2.05) is 31.2 Å². The van der Waals surface area contributed by atoms with Crippen LogP contribution in [0, 0.1) is 17.0 Å². The van der Waals surface area contributed by atoms with E-state index in [2.05, 4.69) is 0 Å². The van der Waals surface area contributed by atoms with Gasteiger partial charge in [-0.3, -0.25) is 19.7 Å². The van der Waals surface area contributed by atoms with Crippen LogP contribution in [0.25, 0.3) is 0 Å². The van der Waals surface area contributed by atoms with Gasteiger partial charge in [0.25, 0.3) is 5.69 Å². The van der Waals surface area contributed by atoms with Crippen LogP contribution in [0.5, 0.6) is 0 Å². The summed E-state index contributed by atoms with van der Waals surface area (Å²) in [4.78, 5) is 30.0. The standard InChI is InChI=1S/C8H8O.C7H5NO3/c1-7-2-4-8(6-9)5-3-7;9-5-6-3-1-2-4-7(6)8(10)11/h2-6H,1H3;1-5H. The van der Waals surface area contributed by atoms with Crippen molar-refractivity contribution in [1.29, 1.82) is 0 Å². The summed E-state index contributed by atoms with van der Waals surface area (Å²) in [6.45, 7) is 1.99. The Morgan fingerprint density at radius 1 is 0.950 bits per heavy atom. The highest BCUT2D eigenvalue weighted by atomic mass is 16.6. The van der Waals surface area contributed by atoms with Crippen LogP contribution in [0.1, 0.15) is 26.3 Å². The van der Waals surface area contributed by atoms with E-state index in [0.717, 1.165) is 11.8 Å². The minimum atomic E-state index is -0.580. The average Bonchev–Trinajstić information content (AvgIpc) is 2.48. The van der Waals surface area contributed by atoms with Crippen molar-refractivity contribution in [3.63, 3.8) is 0 Å². The molecule has 5 nitrogen and oxygen atoms in total. The second-order valence-corrected chi connectivity index (χ2v) is 3.96. The molecule has 0 aliphatic heterocycles. The van der Waals surface area contributed by atoms with Gasteiger partial charge in [-0.05, 0) is 13.0 Å². The number of nitrogens with zero attached hydrogens (tertiary/aromatic N) is 1. The molecule has 20 heavy (non-hydrogen) atoms. The summed E-state index contributed by atoms with van der Waals surface area (Å²) < 4.78 is 0. The molecule has 5 heteroatoms. The SMILES string of the molecule is Cc1ccc(C=O)cc1.O=Cc1ccccc1[N+](=O)[O-]. The Morgan fingerprint density at radius 2 is 1.55 bits per heavy atom. The lowest BCUT2D eigenvalue weighted by atomic mass is 10.2. The molecule has 0 amide bonds. The van der Waals surface area contributed by atoms with Crippen molar-refractivity contribution < 1.29 is 14.5 Å². The third-order valence-electron chi connectivity index (χ3n) is 2.47. The van der Waals surface area contributed by atoms with Crippen LogP contribution in [-0.2, 0) is 0 Å². The number of hydrogen-bond acceptors (Lipinski definition) is 4. The summed E-state index contributed by atoms with van der Waals surface area (Å²) in [5, 5.41) is 10.2. The Labute approximate surface area is 116 Å². The number of aldehydes is 2. The van der Waals surface area contributed by atoms with Gasteiger partial charge in [0.15, 0.2) is 6.29 Å². The first-order valence-corrected chi connectivity index (χ1v) is 5.79. The Kier molecular flexibility index (Phi) is 5.77. The van der Waals surface area contributed by atoms with Crippen LogP contribution in [-0.4, -0.2) is 17.5 Å². The summed E-state index contributed by atoms with van der Waals surface area (Å²) in [5.41, 5.74) is 1.88. The van der Waals surface area contributed by atoms with Crippen molar-refractivity contribution in [2.45, 2.75) is 6.92 Å². The molecule has 0 aromatic heterocycles. The molecular weight excluding hydrogens is 258 g/mol. The molecule has 102 valence electrons. The van der Waals surface area contributed by atoms with Gasteiger partial charge in [0.05, 0.1) is 10.5 Å². The zero-order valence-electron chi connectivity index (χ0n) is 10.9. The zero-order valence-corrected chi connectivity index (χ0v) is 10.9.